The Bertz CT molecular complexity index is 1030. The molecular formula is C18H19N3O3S. The first-order valence-electron chi connectivity index (χ1n) is 7.90. The number of hydrogen-bond donors (Lipinski definition) is 1. The van der Waals surface area contributed by atoms with E-state index in [0.29, 0.717) is 23.2 Å². The number of benzene rings is 2. The topological polar surface area (TPSA) is 81.2 Å². The summed E-state index contributed by atoms with van der Waals surface area (Å²) >= 11 is 0. The summed E-state index contributed by atoms with van der Waals surface area (Å²) in [6.07, 6.45) is 0. The molecule has 25 heavy (non-hydrogen) atoms. The Hall–Kier alpha value is -2.67. The highest BCUT2D eigenvalue weighted by Crippen LogP contribution is 2.27. The Morgan fingerprint density at radius 1 is 1.04 bits per heavy atom. The minimum Gasteiger partial charge on any atom is -0.475 e. The number of ether oxygens (including phenoxy) is 1. The van der Waals surface area contributed by atoms with Gasteiger partial charge in [-0.05, 0) is 44.5 Å². The van der Waals surface area contributed by atoms with E-state index in [0.717, 1.165) is 5.56 Å². The van der Waals surface area contributed by atoms with Crippen LogP contribution in [0.15, 0.2) is 47.4 Å². The van der Waals surface area contributed by atoms with Gasteiger partial charge in [-0.1, -0.05) is 29.8 Å². The summed E-state index contributed by atoms with van der Waals surface area (Å²) in [4.78, 5) is 8.95. The van der Waals surface area contributed by atoms with Gasteiger partial charge in [0.05, 0.1) is 22.5 Å². The second kappa shape index (κ2) is 6.68. The van der Waals surface area contributed by atoms with Gasteiger partial charge in [0.15, 0.2) is 0 Å². The van der Waals surface area contributed by atoms with Crippen molar-refractivity contribution >= 4 is 26.9 Å². The molecule has 7 heteroatoms. The number of hydrogen-bond acceptors (Lipinski definition) is 5. The van der Waals surface area contributed by atoms with Gasteiger partial charge in [-0.15, -0.1) is 0 Å². The van der Waals surface area contributed by atoms with Crippen molar-refractivity contribution < 1.29 is 13.2 Å². The molecule has 0 saturated heterocycles. The van der Waals surface area contributed by atoms with E-state index in [1.165, 1.54) is 0 Å². The van der Waals surface area contributed by atoms with Crippen LogP contribution in [0, 0.1) is 13.8 Å². The highest BCUT2D eigenvalue weighted by Gasteiger charge is 2.21. The molecule has 1 aromatic heterocycles. The van der Waals surface area contributed by atoms with Crippen LogP contribution in [0.3, 0.4) is 0 Å². The van der Waals surface area contributed by atoms with Crippen LogP contribution in [0.5, 0.6) is 5.88 Å². The number of para-hydroxylation sites is 2. The molecule has 2 aromatic carbocycles. The molecule has 3 aromatic rings. The zero-order valence-electron chi connectivity index (χ0n) is 14.3. The fourth-order valence-corrected chi connectivity index (χ4v) is 3.80. The summed E-state index contributed by atoms with van der Waals surface area (Å²) in [5.74, 6) is 0.245. The maximum absolute atomic E-state index is 12.8. The molecule has 0 aliphatic heterocycles. The number of aryl methyl sites for hydroxylation is 2. The van der Waals surface area contributed by atoms with Crippen LogP contribution < -0.4 is 9.46 Å². The molecule has 0 radical (unpaired) electrons. The van der Waals surface area contributed by atoms with Gasteiger partial charge in [0.2, 0.25) is 5.82 Å². The third-order valence-corrected chi connectivity index (χ3v) is 5.17. The summed E-state index contributed by atoms with van der Waals surface area (Å²) in [5, 5.41) is 0. The summed E-state index contributed by atoms with van der Waals surface area (Å²) < 4.78 is 33.6. The minimum atomic E-state index is -3.80. The van der Waals surface area contributed by atoms with Gasteiger partial charge in [-0.2, -0.15) is 0 Å². The Balaban J connectivity index is 2.07. The SMILES string of the molecule is CCOc1nc2ccccc2nc1NS(=O)(=O)c1ccc(C)cc1C. The second-order valence-electron chi connectivity index (χ2n) is 5.67. The second-order valence-corrected chi connectivity index (χ2v) is 7.32. The molecule has 0 atom stereocenters. The van der Waals surface area contributed by atoms with Crippen LogP contribution in [0.1, 0.15) is 18.1 Å². The van der Waals surface area contributed by atoms with Crippen LogP contribution in [-0.4, -0.2) is 25.0 Å². The van der Waals surface area contributed by atoms with Crippen molar-refractivity contribution in [3.63, 3.8) is 0 Å². The van der Waals surface area contributed by atoms with Crippen molar-refractivity contribution in [2.75, 3.05) is 11.3 Å². The van der Waals surface area contributed by atoms with E-state index >= 15 is 0 Å². The number of nitrogens with zero attached hydrogens (tertiary/aromatic N) is 2. The van der Waals surface area contributed by atoms with Crippen molar-refractivity contribution in [2.24, 2.45) is 0 Å². The molecule has 0 unspecified atom stereocenters. The van der Waals surface area contributed by atoms with Crippen molar-refractivity contribution in [3.05, 3.63) is 53.6 Å². The van der Waals surface area contributed by atoms with Gasteiger partial charge in [-0.25, -0.2) is 18.4 Å². The highest BCUT2D eigenvalue weighted by molar-refractivity contribution is 7.92. The van der Waals surface area contributed by atoms with E-state index < -0.39 is 10.0 Å². The molecule has 1 heterocycles. The largest absolute Gasteiger partial charge is 0.475 e. The average molecular weight is 357 g/mol. The molecule has 0 spiro atoms. The van der Waals surface area contributed by atoms with Gasteiger partial charge in [0.25, 0.3) is 15.9 Å². The van der Waals surface area contributed by atoms with Gasteiger partial charge in [-0.3, -0.25) is 4.72 Å². The average Bonchev–Trinajstić information content (AvgIpc) is 2.55. The van der Waals surface area contributed by atoms with E-state index in [9.17, 15) is 8.42 Å². The van der Waals surface area contributed by atoms with Crippen LogP contribution in [0.4, 0.5) is 5.82 Å². The molecule has 6 nitrogen and oxygen atoms in total. The summed E-state index contributed by atoms with van der Waals surface area (Å²) in [5.41, 5.74) is 2.89. The normalized spacial score (nSPS) is 11.5. The lowest BCUT2D eigenvalue weighted by Gasteiger charge is -2.13. The minimum absolute atomic E-state index is 0.0838. The molecule has 0 fully saturated rings. The smallest absolute Gasteiger partial charge is 0.263 e. The standard InChI is InChI=1S/C18H19N3O3S/c1-4-24-18-17(19-14-7-5-6-8-15(14)20-18)21-25(22,23)16-10-9-12(2)11-13(16)3/h5-11H,4H2,1-3H3,(H,19,21). The van der Waals surface area contributed by atoms with Crippen molar-refractivity contribution in [1.82, 2.24) is 9.97 Å². The zero-order chi connectivity index (χ0) is 18.0. The summed E-state index contributed by atoms with van der Waals surface area (Å²) in [7, 11) is -3.80. The highest BCUT2D eigenvalue weighted by atomic mass is 32.2. The predicted molar refractivity (Wildman–Crippen MR) is 97.4 cm³/mol. The molecule has 0 bridgehead atoms. The quantitative estimate of drug-likeness (QED) is 0.756. The third-order valence-electron chi connectivity index (χ3n) is 3.67. The summed E-state index contributed by atoms with van der Waals surface area (Å²) in [6.45, 7) is 5.83. The molecule has 0 aliphatic rings. The molecule has 3 rings (SSSR count). The molecule has 0 amide bonds. The Kier molecular flexibility index (Phi) is 4.59. The predicted octanol–water partition coefficient (Wildman–Crippen LogP) is 3.45. The summed E-state index contributed by atoms with van der Waals surface area (Å²) in [6, 6.07) is 12.4. The number of rotatable bonds is 5. The van der Waals surface area contributed by atoms with Crippen molar-refractivity contribution in [2.45, 2.75) is 25.7 Å². The number of sulfonamides is 1. The van der Waals surface area contributed by atoms with Gasteiger partial charge in [0.1, 0.15) is 0 Å². The van der Waals surface area contributed by atoms with Crippen LogP contribution in [0.2, 0.25) is 0 Å². The van der Waals surface area contributed by atoms with E-state index in [2.05, 4.69) is 14.7 Å². The van der Waals surface area contributed by atoms with Crippen molar-refractivity contribution in [1.29, 1.82) is 0 Å². The monoisotopic (exact) mass is 357 g/mol. The Morgan fingerprint density at radius 2 is 1.72 bits per heavy atom. The zero-order valence-corrected chi connectivity index (χ0v) is 15.1. The van der Waals surface area contributed by atoms with Crippen molar-refractivity contribution in [3.8, 4) is 5.88 Å². The van der Waals surface area contributed by atoms with E-state index in [1.807, 2.05) is 25.1 Å². The van der Waals surface area contributed by atoms with Gasteiger partial charge < -0.3 is 4.74 Å². The van der Waals surface area contributed by atoms with E-state index in [-0.39, 0.29) is 16.6 Å². The van der Waals surface area contributed by atoms with Gasteiger partial charge >= 0.3 is 0 Å². The lowest BCUT2D eigenvalue weighted by molar-refractivity contribution is 0.329. The molecule has 130 valence electrons. The lowest BCUT2D eigenvalue weighted by atomic mass is 10.2. The maximum Gasteiger partial charge on any atom is 0.263 e. The fraction of sp³-hybridized carbons (Fsp3) is 0.222. The van der Waals surface area contributed by atoms with Crippen LogP contribution in [-0.2, 0) is 10.0 Å². The molecule has 1 N–H and O–H groups in total. The van der Waals surface area contributed by atoms with Crippen LogP contribution in [0.25, 0.3) is 11.0 Å². The fourth-order valence-electron chi connectivity index (χ4n) is 2.57. The molecule has 0 aliphatic carbocycles. The maximum atomic E-state index is 12.8. The first-order chi connectivity index (χ1) is 11.9. The first kappa shape index (κ1) is 17.2. The van der Waals surface area contributed by atoms with E-state index in [1.54, 1.807) is 38.1 Å². The van der Waals surface area contributed by atoms with Gasteiger partial charge in [0, 0.05) is 0 Å². The molecular weight excluding hydrogens is 338 g/mol. The first-order valence-corrected chi connectivity index (χ1v) is 9.38. The Labute approximate surface area is 146 Å². The number of nitrogens with one attached hydrogen (secondary N) is 1. The number of aromatic nitrogens is 2. The van der Waals surface area contributed by atoms with E-state index in [4.69, 9.17) is 4.74 Å². The number of anilines is 1. The molecule has 0 saturated carbocycles. The Morgan fingerprint density at radius 3 is 2.36 bits per heavy atom. The van der Waals surface area contributed by atoms with Crippen LogP contribution >= 0.6 is 0 Å². The third kappa shape index (κ3) is 3.56. The number of fused-ring (bicyclic) bond motifs is 1. The lowest BCUT2D eigenvalue weighted by Crippen LogP contribution is -2.17.